The summed E-state index contributed by atoms with van der Waals surface area (Å²) in [6.45, 7) is 2.92. The Hall–Kier alpha value is -1.58. The van der Waals surface area contributed by atoms with Gasteiger partial charge in [-0.05, 0) is 24.6 Å². The molecule has 0 heterocycles. The summed E-state index contributed by atoms with van der Waals surface area (Å²) >= 11 is 0. The minimum atomic E-state index is -0.367. The number of hydrogen-bond acceptors (Lipinski definition) is 2. The van der Waals surface area contributed by atoms with Gasteiger partial charge in [-0.25, -0.2) is 4.39 Å². The van der Waals surface area contributed by atoms with Crippen LogP contribution in [0.1, 0.15) is 18.9 Å². The highest BCUT2D eigenvalue weighted by atomic mass is 19.1. The highest BCUT2D eigenvalue weighted by molar-refractivity contribution is 6.00. The fourth-order valence-corrected chi connectivity index (χ4v) is 1.51. The largest absolute Gasteiger partial charge is 0.384 e. The van der Waals surface area contributed by atoms with Gasteiger partial charge in [-0.15, -0.1) is 0 Å². The lowest BCUT2D eigenvalue weighted by Gasteiger charge is -2.21. The number of nitrogens with one attached hydrogen (secondary N) is 1. The second kappa shape index (κ2) is 4.77. The van der Waals surface area contributed by atoms with E-state index in [4.69, 9.17) is 11.1 Å². The Morgan fingerprint density at radius 2 is 2.20 bits per heavy atom. The highest BCUT2D eigenvalue weighted by Gasteiger charge is 2.10. The first kappa shape index (κ1) is 11.5. The second-order valence-corrected chi connectivity index (χ2v) is 3.50. The number of amidine groups is 1. The molecule has 0 atom stereocenters. The molecular weight excluding hydrogens is 193 g/mol. The Kier molecular flexibility index (Phi) is 3.66. The van der Waals surface area contributed by atoms with Crippen molar-refractivity contribution in [3.8, 4) is 0 Å². The van der Waals surface area contributed by atoms with E-state index in [1.807, 2.05) is 11.9 Å². The van der Waals surface area contributed by atoms with Crippen molar-refractivity contribution in [3.63, 3.8) is 0 Å². The predicted octanol–water partition coefficient (Wildman–Crippen LogP) is 1.96. The number of nitrogens with two attached hydrogens (primary N) is 1. The maximum Gasteiger partial charge on any atom is 0.125 e. The summed E-state index contributed by atoms with van der Waals surface area (Å²) in [6, 6.07) is 4.33. The third kappa shape index (κ3) is 2.68. The van der Waals surface area contributed by atoms with E-state index in [9.17, 15) is 4.39 Å². The molecule has 0 saturated heterocycles. The van der Waals surface area contributed by atoms with Crippen LogP contribution in [0.3, 0.4) is 0 Å². The number of benzene rings is 1. The van der Waals surface area contributed by atoms with Crippen LogP contribution in [0.5, 0.6) is 0 Å². The van der Waals surface area contributed by atoms with Crippen LogP contribution in [0, 0.1) is 11.2 Å². The molecule has 1 aromatic carbocycles. The monoisotopic (exact) mass is 209 g/mol. The molecule has 0 aliphatic heterocycles. The van der Waals surface area contributed by atoms with Gasteiger partial charge in [0.15, 0.2) is 0 Å². The zero-order valence-corrected chi connectivity index (χ0v) is 9.05. The quantitative estimate of drug-likeness (QED) is 0.588. The molecule has 3 N–H and O–H groups in total. The first-order valence-electron chi connectivity index (χ1n) is 4.91. The SMILES string of the molecule is CCCN(C)c1ccc(F)cc1C(=N)N. The summed E-state index contributed by atoms with van der Waals surface area (Å²) in [5.74, 6) is -0.471. The normalized spacial score (nSPS) is 10.1. The second-order valence-electron chi connectivity index (χ2n) is 3.50. The standard InChI is InChI=1S/C11H16FN3/c1-3-6-15(2)10-5-4-8(12)7-9(10)11(13)14/h4-5,7H,3,6H2,1-2H3,(H3,13,14). The van der Waals surface area contributed by atoms with Gasteiger partial charge in [-0.3, -0.25) is 5.41 Å². The lowest BCUT2D eigenvalue weighted by molar-refractivity contribution is 0.627. The Balaban J connectivity index is 3.10. The van der Waals surface area contributed by atoms with Gasteiger partial charge >= 0.3 is 0 Å². The van der Waals surface area contributed by atoms with E-state index in [2.05, 4.69) is 6.92 Å². The van der Waals surface area contributed by atoms with Crippen LogP contribution < -0.4 is 10.6 Å². The van der Waals surface area contributed by atoms with E-state index in [-0.39, 0.29) is 11.7 Å². The Morgan fingerprint density at radius 1 is 1.53 bits per heavy atom. The lowest BCUT2D eigenvalue weighted by Crippen LogP contribution is -2.23. The summed E-state index contributed by atoms with van der Waals surface area (Å²) < 4.78 is 13.0. The molecule has 0 saturated carbocycles. The van der Waals surface area contributed by atoms with E-state index < -0.39 is 0 Å². The third-order valence-corrected chi connectivity index (χ3v) is 2.22. The first-order valence-corrected chi connectivity index (χ1v) is 4.91. The summed E-state index contributed by atoms with van der Waals surface area (Å²) in [4.78, 5) is 1.97. The Labute approximate surface area is 89.2 Å². The molecule has 0 spiro atoms. The van der Waals surface area contributed by atoms with Crippen molar-refractivity contribution in [2.75, 3.05) is 18.5 Å². The molecule has 1 rings (SSSR count). The maximum absolute atomic E-state index is 13.0. The van der Waals surface area contributed by atoms with Gasteiger partial charge in [-0.2, -0.15) is 0 Å². The summed E-state index contributed by atoms with van der Waals surface area (Å²) in [5.41, 5.74) is 6.65. The van der Waals surface area contributed by atoms with E-state index >= 15 is 0 Å². The van der Waals surface area contributed by atoms with Gasteiger partial charge < -0.3 is 10.6 Å². The number of hydrogen-bond donors (Lipinski definition) is 2. The zero-order chi connectivity index (χ0) is 11.4. The number of nitrogen functional groups attached to an aromatic ring is 1. The molecule has 0 aliphatic carbocycles. The molecule has 0 aliphatic rings. The predicted molar refractivity (Wildman–Crippen MR) is 61.0 cm³/mol. The average Bonchev–Trinajstić information content (AvgIpc) is 2.17. The molecule has 0 aromatic heterocycles. The van der Waals surface area contributed by atoms with Crippen molar-refractivity contribution in [2.45, 2.75) is 13.3 Å². The number of halogens is 1. The Bertz CT molecular complexity index is 363. The molecule has 0 bridgehead atoms. The van der Waals surface area contributed by atoms with Crippen molar-refractivity contribution < 1.29 is 4.39 Å². The number of anilines is 1. The Morgan fingerprint density at radius 3 is 2.73 bits per heavy atom. The molecule has 0 amide bonds. The molecule has 15 heavy (non-hydrogen) atoms. The van der Waals surface area contributed by atoms with E-state index in [1.165, 1.54) is 12.1 Å². The molecular formula is C11H16FN3. The number of rotatable bonds is 4. The summed E-state index contributed by atoms with van der Waals surface area (Å²) in [6.07, 6.45) is 0.991. The fraction of sp³-hybridized carbons (Fsp3) is 0.364. The van der Waals surface area contributed by atoms with Gasteiger partial charge in [0.2, 0.25) is 0 Å². The zero-order valence-electron chi connectivity index (χ0n) is 9.05. The van der Waals surface area contributed by atoms with Crippen LogP contribution in [0.2, 0.25) is 0 Å². The minimum absolute atomic E-state index is 0.104. The molecule has 1 aromatic rings. The average molecular weight is 209 g/mol. The number of nitrogens with zero attached hydrogens (tertiary/aromatic N) is 1. The van der Waals surface area contributed by atoms with Gasteiger partial charge in [0, 0.05) is 24.8 Å². The van der Waals surface area contributed by atoms with Crippen LogP contribution in [0.4, 0.5) is 10.1 Å². The highest BCUT2D eigenvalue weighted by Crippen LogP contribution is 2.20. The van der Waals surface area contributed by atoms with Crippen molar-refractivity contribution in [2.24, 2.45) is 5.73 Å². The summed E-state index contributed by atoms with van der Waals surface area (Å²) in [5, 5.41) is 7.38. The van der Waals surface area contributed by atoms with Gasteiger partial charge in [-0.1, -0.05) is 6.92 Å². The first-order chi connectivity index (χ1) is 7.06. The van der Waals surface area contributed by atoms with Gasteiger partial charge in [0.25, 0.3) is 0 Å². The maximum atomic E-state index is 13.0. The van der Waals surface area contributed by atoms with Gasteiger partial charge in [0.1, 0.15) is 11.7 Å². The van der Waals surface area contributed by atoms with Crippen molar-refractivity contribution >= 4 is 11.5 Å². The van der Waals surface area contributed by atoms with Crippen LogP contribution in [-0.4, -0.2) is 19.4 Å². The third-order valence-electron chi connectivity index (χ3n) is 2.22. The molecule has 0 fully saturated rings. The molecule has 82 valence electrons. The smallest absolute Gasteiger partial charge is 0.125 e. The lowest BCUT2D eigenvalue weighted by atomic mass is 10.1. The fourth-order valence-electron chi connectivity index (χ4n) is 1.51. The van der Waals surface area contributed by atoms with Crippen LogP contribution in [0.25, 0.3) is 0 Å². The van der Waals surface area contributed by atoms with E-state index in [0.29, 0.717) is 5.56 Å². The minimum Gasteiger partial charge on any atom is -0.384 e. The van der Waals surface area contributed by atoms with Crippen LogP contribution in [-0.2, 0) is 0 Å². The van der Waals surface area contributed by atoms with Crippen molar-refractivity contribution in [1.29, 1.82) is 5.41 Å². The molecule has 0 radical (unpaired) electrons. The van der Waals surface area contributed by atoms with Crippen LogP contribution in [0.15, 0.2) is 18.2 Å². The molecule has 3 nitrogen and oxygen atoms in total. The van der Waals surface area contributed by atoms with E-state index in [0.717, 1.165) is 18.7 Å². The van der Waals surface area contributed by atoms with Crippen molar-refractivity contribution in [1.82, 2.24) is 0 Å². The molecule has 0 unspecified atom stereocenters. The summed E-state index contributed by atoms with van der Waals surface area (Å²) in [7, 11) is 1.91. The topological polar surface area (TPSA) is 53.1 Å². The van der Waals surface area contributed by atoms with Crippen molar-refractivity contribution in [3.05, 3.63) is 29.6 Å². The van der Waals surface area contributed by atoms with Gasteiger partial charge in [0.05, 0.1) is 0 Å². The molecule has 4 heteroatoms. The van der Waals surface area contributed by atoms with E-state index in [1.54, 1.807) is 6.07 Å². The van der Waals surface area contributed by atoms with Crippen LogP contribution >= 0.6 is 0 Å².